The molecule has 0 saturated carbocycles. The van der Waals surface area contributed by atoms with E-state index < -0.39 is 0 Å². The first-order valence-electron chi connectivity index (χ1n) is 9.33. The number of hydrogen-bond donors (Lipinski definition) is 0. The molecule has 2 aromatic carbocycles. The Hall–Kier alpha value is -2.60. The normalized spacial score (nSPS) is 12.0. The molecule has 0 saturated heterocycles. The summed E-state index contributed by atoms with van der Waals surface area (Å²) in [5.41, 5.74) is 2.87. The summed E-state index contributed by atoms with van der Waals surface area (Å²) in [4.78, 5) is 12.6. The van der Waals surface area contributed by atoms with Crippen molar-refractivity contribution in [3.63, 3.8) is 0 Å². The zero-order valence-corrected chi connectivity index (χ0v) is 17.5. The predicted octanol–water partition coefficient (Wildman–Crippen LogP) is 4.98. The number of ketones is 1. The number of nitrogens with zero attached hydrogens (tertiary/aromatic N) is 3. The fourth-order valence-corrected chi connectivity index (χ4v) is 3.76. The van der Waals surface area contributed by atoms with E-state index in [9.17, 15) is 4.79 Å². The Kier molecular flexibility index (Phi) is 6.52. The molecule has 1 heterocycles. The Balaban J connectivity index is 1.70. The summed E-state index contributed by atoms with van der Waals surface area (Å²) in [6.07, 6.45) is 1.09. The van der Waals surface area contributed by atoms with Gasteiger partial charge in [0.25, 0.3) is 0 Å². The number of aromatic nitrogens is 3. The lowest BCUT2D eigenvalue weighted by Gasteiger charge is -2.09. The third-order valence-electron chi connectivity index (χ3n) is 4.93. The summed E-state index contributed by atoms with van der Waals surface area (Å²) in [6.45, 7) is 4.36. The molecule has 0 amide bonds. The van der Waals surface area contributed by atoms with Gasteiger partial charge in [0.2, 0.25) is 0 Å². The van der Waals surface area contributed by atoms with Crippen molar-refractivity contribution >= 4 is 17.5 Å². The smallest absolute Gasteiger partial charge is 0.191 e. The molecule has 6 heteroatoms. The standard InChI is InChI=1S/C22H25N3O2S/c1-5-15(2)16-10-12-17(13-11-16)19(26)14-28-22-24-23-21(25(22)3)18-8-6-7-9-20(18)27-4/h6-13,15H,5,14H2,1-4H3/t15-/m1/s1. The molecule has 0 aliphatic heterocycles. The number of Topliss-reactive ketones (excluding diaryl/α,β-unsaturated/α-hetero) is 1. The third-order valence-corrected chi connectivity index (χ3v) is 5.95. The lowest BCUT2D eigenvalue weighted by molar-refractivity contribution is 0.102. The number of carbonyl (C=O) groups excluding carboxylic acids is 1. The van der Waals surface area contributed by atoms with Crippen LogP contribution in [0.15, 0.2) is 53.7 Å². The lowest BCUT2D eigenvalue weighted by Crippen LogP contribution is -2.04. The molecule has 0 aliphatic rings. The highest BCUT2D eigenvalue weighted by Crippen LogP contribution is 2.30. The Morgan fingerprint density at radius 3 is 2.54 bits per heavy atom. The van der Waals surface area contributed by atoms with Gasteiger partial charge in [-0.25, -0.2) is 0 Å². The fourth-order valence-electron chi connectivity index (χ4n) is 2.95. The van der Waals surface area contributed by atoms with Crippen LogP contribution in [0, 0.1) is 0 Å². The van der Waals surface area contributed by atoms with Crippen molar-refractivity contribution in [3.05, 3.63) is 59.7 Å². The van der Waals surface area contributed by atoms with Crippen molar-refractivity contribution in [2.24, 2.45) is 7.05 Å². The van der Waals surface area contributed by atoms with Crippen molar-refractivity contribution in [1.29, 1.82) is 0 Å². The van der Waals surface area contributed by atoms with E-state index in [-0.39, 0.29) is 5.78 Å². The van der Waals surface area contributed by atoms with Gasteiger partial charge in [-0.3, -0.25) is 4.79 Å². The molecule has 5 nitrogen and oxygen atoms in total. The van der Waals surface area contributed by atoms with Crippen LogP contribution in [-0.4, -0.2) is 33.4 Å². The van der Waals surface area contributed by atoms with Crippen molar-refractivity contribution in [2.75, 3.05) is 12.9 Å². The molecular formula is C22H25N3O2S. The van der Waals surface area contributed by atoms with Gasteiger partial charge in [0, 0.05) is 12.6 Å². The topological polar surface area (TPSA) is 57.0 Å². The van der Waals surface area contributed by atoms with E-state index in [1.807, 2.05) is 60.1 Å². The maximum absolute atomic E-state index is 12.6. The van der Waals surface area contributed by atoms with E-state index in [0.717, 1.165) is 23.3 Å². The van der Waals surface area contributed by atoms with E-state index in [1.165, 1.54) is 17.3 Å². The summed E-state index contributed by atoms with van der Waals surface area (Å²) in [7, 11) is 3.53. The fraction of sp³-hybridized carbons (Fsp3) is 0.318. The molecule has 0 fully saturated rings. The monoisotopic (exact) mass is 395 g/mol. The summed E-state index contributed by atoms with van der Waals surface area (Å²) in [5.74, 6) is 2.37. The van der Waals surface area contributed by atoms with Crippen LogP contribution < -0.4 is 4.74 Å². The highest BCUT2D eigenvalue weighted by Gasteiger charge is 2.16. The average molecular weight is 396 g/mol. The number of para-hydroxylation sites is 1. The van der Waals surface area contributed by atoms with Crippen LogP contribution in [0.3, 0.4) is 0 Å². The van der Waals surface area contributed by atoms with Crippen LogP contribution >= 0.6 is 11.8 Å². The molecule has 1 aromatic heterocycles. The van der Waals surface area contributed by atoms with Crippen LogP contribution in [0.4, 0.5) is 0 Å². The van der Waals surface area contributed by atoms with Crippen molar-refractivity contribution in [2.45, 2.75) is 31.3 Å². The summed E-state index contributed by atoms with van der Waals surface area (Å²) in [6, 6.07) is 15.6. The zero-order valence-electron chi connectivity index (χ0n) is 16.7. The van der Waals surface area contributed by atoms with Gasteiger partial charge in [0.15, 0.2) is 16.8 Å². The van der Waals surface area contributed by atoms with E-state index in [0.29, 0.717) is 22.7 Å². The minimum atomic E-state index is 0.0857. The molecule has 3 aromatic rings. The Labute approximate surface area is 170 Å². The molecule has 0 N–H and O–H groups in total. The second kappa shape index (κ2) is 9.06. The quantitative estimate of drug-likeness (QED) is 0.398. The molecule has 0 unspecified atom stereocenters. The largest absolute Gasteiger partial charge is 0.496 e. The van der Waals surface area contributed by atoms with Gasteiger partial charge in [-0.1, -0.05) is 62.0 Å². The number of ether oxygens (including phenoxy) is 1. The van der Waals surface area contributed by atoms with Crippen molar-refractivity contribution < 1.29 is 9.53 Å². The highest BCUT2D eigenvalue weighted by atomic mass is 32.2. The molecule has 146 valence electrons. The van der Waals surface area contributed by atoms with Gasteiger partial charge >= 0.3 is 0 Å². The first kappa shape index (κ1) is 20.1. The minimum Gasteiger partial charge on any atom is -0.496 e. The van der Waals surface area contributed by atoms with Gasteiger partial charge in [-0.15, -0.1) is 10.2 Å². The molecule has 3 rings (SSSR count). The highest BCUT2D eigenvalue weighted by molar-refractivity contribution is 7.99. The maximum Gasteiger partial charge on any atom is 0.191 e. The zero-order chi connectivity index (χ0) is 20.1. The summed E-state index contributed by atoms with van der Waals surface area (Å²) >= 11 is 1.39. The number of benzene rings is 2. The van der Waals surface area contributed by atoms with Crippen molar-refractivity contribution in [3.8, 4) is 17.1 Å². The van der Waals surface area contributed by atoms with Crippen LogP contribution in [0.1, 0.15) is 42.1 Å². The van der Waals surface area contributed by atoms with Gasteiger partial charge in [-0.05, 0) is 30.0 Å². The van der Waals surface area contributed by atoms with Crippen LogP contribution in [0.2, 0.25) is 0 Å². The molecule has 0 aliphatic carbocycles. The maximum atomic E-state index is 12.6. The summed E-state index contributed by atoms with van der Waals surface area (Å²) < 4.78 is 7.30. The second-order valence-electron chi connectivity index (χ2n) is 6.71. The molecule has 0 spiro atoms. The number of hydrogen-bond acceptors (Lipinski definition) is 5. The Bertz CT molecular complexity index is 951. The van der Waals surface area contributed by atoms with Gasteiger partial charge in [0.05, 0.1) is 18.4 Å². The van der Waals surface area contributed by atoms with Crippen LogP contribution in [0.25, 0.3) is 11.4 Å². The average Bonchev–Trinajstić information content (AvgIpc) is 3.11. The van der Waals surface area contributed by atoms with Crippen LogP contribution in [-0.2, 0) is 7.05 Å². The Morgan fingerprint density at radius 2 is 1.86 bits per heavy atom. The first-order chi connectivity index (χ1) is 13.5. The molecule has 28 heavy (non-hydrogen) atoms. The molecule has 0 bridgehead atoms. The number of thioether (sulfide) groups is 1. The molecule has 0 radical (unpaired) electrons. The predicted molar refractivity (Wildman–Crippen MR) is 113 cm³/mol. The second-order valence-corrected chi connectivity index (χ2v) is 7.65. The number of methoxy groups -OCH3 is 1. The summed E-state index contributed by atoms with van der Waals surface area (Å²) in [5, 5.41) is 9.24. The molecular weight excluding hydrogens is 370 g/mol. The van der Waals surface area contributed by atoms with Gasteiger partial charge in [-0.2, -0.15) is 0 Å². The number of carbonyl (C=O) groups is 1. The minimum absolute atomic E-state index is 0.0857. The van der Waals surface area contributed by atoms with E-state index in [4.69, 9.17) is 4.74 Å². The van der Waals surface area contributed by atoms with E-state index in [2.05, 4.69) is 24.0 Å². The van der Waals surface area contributed by atoms with E-state index >= 15 is 0 Å². The lowest BCUT2D eigenvalue weighted by atomic mass is 9.97. The van der Waals surface area contributed by atoms with Crippen molar-refractivity contribution in [1.82, 2.24) is 14.8 Å². The van der Waals surface area contributed by atoms with Crippen LogP contribution in [0.5, 0.6) is 5.75 Å². The number of rotatable bonds is 8. The Morgan fingerprint density at radius 1 is 1.14 bits per heavy atom. The third kappa shape index (κ3) is 4.28. The van der Waals surface area contributed by atoms with E-state index in [1.54, 1.807) is 7.11 Å². The SMILES string of the molecule is CC[C@@H](C)c1ccc(C(=O)CSc2nnc(-c3ccccc3OC)n2C)cc1. The first-order valence-corrected chi connectivity index (χ1v) is 10.3. The molecule has 1 atom stereocenters. The van der Waals surface area contributed by atoms with Gasteiger partial charge in [0.1, 0.15) is 5.75 Å². The van der Waals surface area contributed by atoms with Gasteiger partial charge < -0.3 is 9.30 Å².